The maximum absolute atomic E-state index is 6.25. The normalized spacial score (nSPS) is 11.8. The van der Waals surface area contributed by atoms with Crippen LogP contribution in [0.1, 0.15) is 19.4 Å². The highest BCUT2D eigenvalue weighted by atomic mass is 35.5. The molecule has 0 aliphatic rings. The van der Waals surface area contributed by atoms with Crippen molar-refractivity contribution in [1.82, 2.24) is 9.78 Å². The van der Waals surface area contributed by atoms with Gasteiger partial charge in [-0.3, -0.25) is 0 Å². The first-order valence-electron chi connectivity index (χ1n) is 5.53. The van der Waals surface area contributed by atoms with E-state index in [1.165, 1.54) is 0 Å². The van der Waals surface area contributed by atoms with E-state index in [1.54, 1.807) is 10.9 Å². The number of halogens is 1. The molecule has 0 spiro atoms. The molecule has 1 heterocycles. The molecule has 1 aromatic carbocycles. The van der Waals surface area contributed by atoms with Gasteiger partial charge in [0.15, 0.2) is 0 Å². The minimum absolute atomic E-state index is 0.226. The van der Waals surface area contributed by atoms with Crippen LogP contribution in [-0.4, -0.2) is 15.3 Å². The van der Waals surface area contributed by atoms with Crippen molar-refractivity contribution in [3.63, 3.8) is 0 Å². The van der Waals surface area contributed by atoms with Crippen molar-refractivity contribution in [1.29, 1.82) is 0 Å². The molecule has 3 nitrogen and oxygen atoms in total. The smallest absolute Gasteiger partial charge is 0.0831 e. The third-order valence-corrected chi connectivity index (χ3v) is 2.73. The van der Waals surface area contributed by atoms with Crippen LogP contribution in [-0.2, 0) is 6.42 Å². The lowest BCUT2D eigenvalue weighted by Gasteiger charge is -2.18. The molecule has 4 heteroatoms. The highest BCUT2D eigenvalue weighted by Crippen LogP contribution is 2.23. The molecule has 2 N–H and O–H groups in total. The van der Waals surface area contributed by atoms with Crippen LogP contribution >= 0.6 is 11.6 Å². The summed E-state index contributed by atoms with van der Waals surface area (Å²) in [5, 5.41) is 4.85. The third-order valence-electron chi connectivity index (χ3n) is 2.42. The number of nitrogens with two attached hydrogens (primary N) is 1. The van der Waals surface area contributed by atoms with E-state index in [0.29, 0.717) is 5.02 Å². The van der Waals surface area contributed by atoms with E-state index in [1.807, 2.05) is 44.3 Å². The zero-order valence-corrected chi connectivity index (χ0v) is 10.8. The number of benzene rings is 1. The van der Waals surface area contributed by atoms with E-state index in [4.69, 9.17) is 17.3 Å². The fourth-order valence-corrected chi connectivity index (χ4v) is 2.07. The van der Waals surface area contributed by atoms with Crippen molar-refractivity contribution < 1.29 is 0 Å². The zero-order valence-electron chi connectivity index (χ0n) is 10.0. The average molecular weight is 250 g/mol. The van der Waals surface area contributed by atoms with Crippen molar-refractivity contribution in [3.05, 3.63) is 47.2 Å². The molecule has 0 amide bonds. The average Bonchev–Trinajstić information content (AvgIpc) is 2.68. The molecule has 0 bridgehead atoms. The van der Waals surface area contributed by atoms with Gasteiger partial charge < -0.3 is 5.73 Å². The van der Waals surface area contributed by atoms with Crippen LogP contribution in [0, 0.1) is 0 Å². The van der Waals surface area contributed by atoms with E-state index in [2.05, 4.69) is 5.10 Å². The number of aromatic nitrogens is 2. The Labute approximate surface area is 106 Å². The number of nitrogens with zero attached hydrogens (tertiary/aromatic N) is 2. The summed E-state index contributed by atoms with van der Waals surface area (Å²) < 4.78 is 1.75. The van der Waals surface area contributed by atoms with Gasteiger partial charge in [0.05, 0.1) is 10.7 Å². The van der Waals surface area contributed by atoms with Crippen molar-refractivity contribution in [2.24, 2.45) is 5.73 Å². The Morgan fingerprint density at radius 1 is 1.41 bits per heavy atom. The van der Waals surface area contributed by atoms with Crippen LogP contribution in [0.3, 0.4) is 0 Å². The molecule has 0 saturated carbocycles. The summed E-state index contributed by atoms with van der Waals surface area (Å²) in [6.45, 7) is 4.00. The zero-order chi connectivity index (χ0) is 12.5. The van der Waals surface area contributed by atoms with Gasteiger partial charge in [-0.2, -0.15) is 5.10 Å². The summed E-state index contributed by atoms with van der Waals surface area (Å²) >= 11 is 6.25. The molecule has 17 heavy (non-hydrogen) atoms. The topological polar surface area (TPSA) is 43.8 Å². The SMILES string of the molecule is CC(C)(N)Cc1ccc(-n2cccn2)c(Cl)c1. The first kappa shape index (κ1) is 12.1. The number of rotatable bonds is 3. The largest absolute Gasteiger partial charge is 0.325 e. The summed E-state index contributed by atoms with van der Waals surface area (Å²) in [6, 6.07) is 7.83. The Bertz CT molecular complexity index is 498. The van der Waals surface area contributed by atoms with Crippen LogP contribution in [0.15, 0.2) is 36.7 Å². The molecule has 2 rings (SSSR count). The van der Waals surface area contributed by atoms with Gasteiger partial charge in [-0.1, -0.05) is 17.7 Å². The number of hydrogen-bond acceptors (Lipinski definition) is 2. The van der Waals surface area contributed by atoms with E-state index in [-0.39, 0.29) is 5.54 Å². The Balaban J connectivity index is 2.30. The quantitative estimate of drug-likeness (QED) is 0.909. The van der Waals surface area contributed by atoms with Gasteiger partial charge in [0, 0.05) is 17.9 Å². The summed E-state index contributed by atoms with van der Waals surface area (Å²) in [5.74, 6) is 0. The molecule has 2 aromatic rings. The summed E-state index contributed by atoms with van der Waals surface area (Å²) in [6.07, 6.45) is 4.40. The highest BCUT2D eigenvalue weighted by Gasteiger charge is 2.13. The van der Waals surface area contributed by atoms with E-state index >= 15 is 0 Å². The predicted octanol–water partition coefficient (Wildman–Crippen LogP) is 2.81. The summed E-state index contributed by atoms with van der Waals surface area (Å²) in [4.78, 5) is 0. The van der Waals surface area contributed by atoms with Gasteiger partial charge >= 0.3 is 0 Å². The summed E-state index contributed by atoms with van der Waals surface area (Å²) in [7, 11) is 0. The van der Waals surface area contributed by atoms with Crippen LogP contribution in [0.25, 0.3) is 5.69 Å². The molecule has 0 unspecified atom stereocenters. The van der Waals surface area contributed by atoms with Crippen LogP contribution in [0.2, 0.25) is 5.02 Å². The molecule has 90 valence electrons. The standard InChI is InChI=1S/C13H16ClN3/c1-13(2,15)9-10-4-5-12(11(14)8-10)17-7-3-6-16-17/h3-8H,9,15H2,1-2H3. The first-order valence-corrected chi connectivity index (χ1v) is 5.91. The van der Waals surface area contributed by atoms with Gasteiger partial charge in [0.25, 0.3) is 0 Å². The van der Waals surface area contributed by atoms with Crippen LogP contribution < -0.4 is 5.73 Å². The molecule has 0 radical (unpaired) electrons. The summed E-state index contributed by atoms with van der Waals surface area (Å²) in [5.41, 5.74) is 7.79. The molecule has 0 atom stereocenters. The lowest BCUT2D eigenvalue weighted by atomic mass is 9.96. The van der Waals surface area contributed by atoms with Gasteiger partial charge in [0.2, 0.25) is 0 Å². The Kier molecular flexibility index (Phi) is 3.22. The fourth-order valence-electron chi connectivity index (χ4n) is 1.78. The first-order chi connectivity index (χ1) is 7.96. The van der Waals surface area contributed by atoms with E-state index in [9.17, 15) is 0 Å². The second-order valence-electron chi connectivity index (χ2n) is 4.90. The second kappa shape index (κ2) is 4.51. The van der Waals surface area contributed by atoms with Gasteiger partial charge in [-0.05, 0) is 44.0 Å². The molecular formula is C13H16ClN3. The maximum atomic E-state index is 6.25. The number of hydrogen-bond donors (Lipinski definition) is 1. The molecular weight excluding hydrogens is 234 g/mol. The predicted molar refractivity (Wildman–Crippen MR) is 70.5 cm³/mol. The fraction of sp³-hybridized carbons (Fsp3) is 0.308. The van der Waals surface area contributed by atoms with Crippen LogP contribution in [0.4, 0.5) is 0 Å². The molecule has 0 aliphatic carbocycles. The van der Waals surface area contributed by atoms with Gasteiger partial charge in [0.1, 0.15) is 0 Å². The maximum Gasteiger partial charge on any atom is 0.0831 e. The van der Waals surface area contributed by atoms with Gasteiger partial charge in [-0.25, -0.2) is 4.68 Å². The Morgan fingerprint density at radius 2 is 2.18 bits per heavy atom. The van der Waals surface area contributed by atoms with Crippen molar-refractivity contribution >= 4 is 11.6 Å². The van der Waals surface area contributed by atoms with Crippen molar-refractivity contribution in [3.8, 4) is 5.69 Å². The Hall–Kier alpha value is -1.32. The minimum Gasteiger partial charge on any atom is -0.325 e. The molecule has 0 fully saturated rings. The van der Waals surface area contributed by atoms with E-state index in [0.717, 1.165) is 17.7 Å². The lowest BCUT2D eigenvalue weighted by Crippen LogP contribution is -2.34. The second-order valence-corrected chi connectivity index (χ2v) is 5.31. The monoisotopic (exact) mass is 249 g/mol. The molecule has 1 aromatic heterocycles. The Morgan fingerprint density at radius 3 is 2.71 bits per heavy atom. The lowest BCUT2D eigenvalue weighted by molar-refractivity contribution is 0.517. The molecule has 0 aliphatic heterocycles. The molecule has 0 saturated heterocycles. The van der Waals surface area contributed by atoms with Crippen molar-refractivity contribution in [2.45, 2.75) is 25.8 Å². The third kappa shape index (κ3) is 3.08. The minimum atomic E-state index is -0.226. The van der Waals surface area contributed by atoms with E-state index < -0.39 is 0 Å². The van der Waals surface area contributed by atoms with Crippen molar-refractivity contribution in [2.75, 3.05) is 0 Å². The highest BCUT2D eigenvalue weighted by molar-refractivity contribution is 6.32. The van der Waals surface area contributed by atoms with Crippen LogP contribution in [0.5, 0.6) is 0 Å². The van der Waals surface area contributed by atoms with Gasteiger partial charge in [-0.15, -0.1) is 0 Å².